The number of nitrogens with one attached hydrogen (secondary N) is 1. The number of H-pyrrole nitrogens is 1. The molecule has 22 heavy (non-hydrogen) atoms. The summed E-state index contributed by atoms with van der Waals surface area (Å²) < 4.78 is 38.8. The molecule has 0 fully saturated rings. The van der Waals surface area contributed by atoms with Gasteiger partial charge in [0.05, 0.1) is 6.42 Å². The van der Waals surface area contributed by atoms with Crippen molar-refractivity contribution in [3.63, 3.8) is 0 Å². The molecular formula is C15H12F3N3O. The number of aromatic nitrogens is 3. The first kappa shape index (κ1) is 14.4. The van der Waals surface area contributed by atoms with Crippen LogP contribution in [0.1, 0.15) is 11.3 Å². The van der Waals surface area contributed by atoms with Crippen LogP contribution in [0, 0.1) is 6.92 Å². The summed E-state index contributed by atoms with van der Waals surface area (Å²) in [6.45, 7) is 1.42. The highest BCUT2D eigenvalue weighted by molar-refractivity contribution is 5.76. The molecule has 114 valence electrons. The summed E-state index contributed by atoms with van der Waals surface area (Å²) in [5.74, 6) is 0. The Balaban J connectivity index is 2.22. The third-order valence-corrected chi connectivity index (χ3v) is 3.42. The molecule has 0 atom stereocenters. The molecule has 3 aromatic rings. The fraction of sp³-hybridized carbons (Fsp3) is 0.200. The average Bonchev–Trinajstić information content (AvgIpc) is 2.87. The van der Waals surface area contributed by atoms with Gasteiger partial charge in [0.15, 0.2) is 5.65 Å². The lowest BCUT2D eigenvalue weighted by Crippen LogP contribution is -2.26. The number of halogens is 3. The number of aromatic amines is 1. The van der Waals surface area contributed by atoms with E-state index in [1.165, 1.54) is 6.92 Å². The average molecular weight is 307 g/mol. The Hall–Kier alpha value is -2.57. The molecule has 2 heterocycles. The normalized spacial score (nSPS) is 12.0. The van der Waals surface area contributed by atoms with Gasteiger partial charge in [-0.25, -0.2) is 9.50 Å². The largest absolute Gasteiger partial charge is 0.393 e. The molecule has 0 saturated heterocycles. The van der Waals surface area contributed by atoms with Crippen molar-refractivity contribution >= 4 is 5.65 Å². The zero-order valence-electron chi connectivity index (χ0n) is 11.6. The first-order chi connectivity index (χ1) is 10.4. The zero-order chi connectivity index (χ0) is 15.9. The molecule has 0 amide bonds. The van der Waals surface area contributed by atoms with E-state index in [0.717, 1.165) is 10.1 Å². The van der Waals surface area contributed by atoms with Crippen LogP contribution in [0.25, 0.3) is 16.8 Å². The molecule has 0 aliphatic carbocycles. The highest BCUT2D eigenvalue weighted by Crippen LogP contribution is 2.24. The van der Waals surface area contributed by atoms with Crippen molar-refractivity contribution < 1.29 is 13.2 Å². The van der Waals surface area contributed by atoms with Gasteiger partial charge < -0.3 is 0 Å². The van der Waals surface area contributed by atoms with Gasteiger partial charge in [0.1, 0.15) is 0 Å². The molecule has 0 bridgehead atoms. The summed E-state index contributed by atoms with van der Waals surface area (Å²) in [5.41, 5.74) is 0.850. The molecule has 0 aliphatic heterocycles. The van der Waals surface area contributed by atoms with Crippen LogP contribution in [-0.2, 0) is 6.42 Å². The first-order valence-electron chi connectivity index (χ1n) is 6.58. The fourth-order valence-corrected chi connectivity index (χ4v) is 2.39. The number of alkyl halides is 3. The molecule has 0 radical (unpaired) electrons. The van der Waals surface area contributed by atoms with Crippen LogP contribution in [0.4, 0.5) is 13.2 Å². The van der Waals surface area contributed by atoms with E-state index in [2.05, 4.69) is 10.1 Å². The maximum absolute atomic E-state index is 12.6. The highest BCUT2D eigenvalue weighted by atomic mass is 19.4. The predicted octanol–water partition coefficient (Wildman–Crippen LogP) is 3.10. The molecule has 0 saturated carbocycles. The van der Waals surface area contributed by atoms with Crippen LogP contribution in [0.3, 0.4) is 0 Å². The molecule has 4 nitrogen and oxygen atoms in total. The van der Waals surface area contributed by atoms with E-state index >= 15 is 0 Å². The number of hydrogen-bond donors (Lipinski definition) is 1. The van der Waals surface area contributed by atoms with Crippen LogP contribution in [0.2, 0.25) is 0 Å². The Morgan fingerprint density at radius 2 is 1.91 bits per heavy atom. The number of nitrogens with zero attached hydrogens (tertiary/aromatic N) is 2. The van der Waals surface area contributed by atoms with Gasteiger partial charge in [0.2, 0.25) is 0 Å². The number of rotatable bonds is 2. The van der Waals surface area contributed by atoms with E-state index in [0.29, 0.717) is 11.2 Å². The van der Waals surface area contributed by atoms with Crippen LogP contribution >= 0.6 is 0 Å². The Labute approximate surface area is 123 Å². The van der Waals surface area contributed by atoms with E-state index in [1.807, 2.05) is 30.3 Å². The molecule has 0 spiro atoms. The summed E-state index contributed by atoms with van der Waals surface area (Å²) in [6, 6.07) is 9.21. The number of fused-ring (bicyclic) bond motifs is 1. The van der Waals surface area contributed by atoms with E-state index in [9.17, 15) is 18.0 Å². The molecule has 2 aromatic heterocycles. The third kappa shape index (κ3) is 2.49. The minimum atomic E-state index is -4.45. The monoisotopic (exact) mass is 307 g/mol. The quantitative estimate of drug-likeness (QED) is 0.791. The molecule has 1 aromatic carbocycles. The number of aryl methyl sites for hydroxylation is 1. The van der Waals surface area contributed by atoms with Gasteiger partial charge >= 0.3 is 6.18 Å². The second-order valence-electron chi connectivity index (χ2n) is 4.99. The second kappa shape index (κ2) is 5.01. The topological polar surface area (TPSA) is 50.2 Å². The molecule has 7 heteroatoms. The van der Waals surface area contributed by atoms with E-state index in [-0.39, 0.29) is 11.3 Å². The molecule has 0 unspecified atom stereocenters. The van der Waals surface area contributed by atoms with Crippen LogP contribution < -0.4 is 5.56 Å². The van der Waals surface area contributed by atoms with Crippen LogP contribution in [0.5, 0.6) is 0 Å². The van der Waals surface area contributed by atoms with Crippen molar-refractivity contribution in [2.24, 2.45) is 0 Å². The number of benzene rings is 1. The number of hydrogen-bond acceptors (Lipinski definition) is 2. The smallest absolute Gasteiger partial charge is 0.296 e. The summed E-state index contributed by atoms with van der Waals surface area (Å²) in [7, 11) is 0. The van der Waals surface area contributed by atoms with E-state index in [1.54, 1.807) is 6.20 Å². The fourth-order valence-electron chi connectivity index (χ4n) is 2.39. The maximum atomic E-state index is 12.6. The highest BCUT2D eigenvalue weighted by Gasteiger charge is 2.31. The van der Waals surface area contributed by atoms with Gasteiger partial charge in [-0.15, -0.1) is 0 Å². The minimum Gasteiger partial charge on any atom is -0.296 e. The Kier molecular flexibility index (Phi) is 3.27. The summed E-state index contributed by atoms with van der Waals surface area (Å²) in [6.07, 6.45) is -4.17. The first-order valence-corrected chi connectivity index (χ1v) is 6.58. The van der Waals surface area contributed by atoms with Crippen molar-refractivity contribution in [3.05, 3.63) is 58.1 Å². The van der Waals surface area contributed by atoms with Crippen LogP contribution in [-0.4, -0.2) is 20.8 Å². The predicted molar refractivity (Wildman–Crippen MR) is 75.7 cm³/mol. The zero-order valence-corrected chi connectivity index (χ0v) is 11.6. The van der Waals surface area contributed by atoms with Crippen molar-refractivity contribution in [2.45, 2.75) is 19.5 Å². The lowest BCUT2D eigenvalue weighted by molar-refractivity contribution is -0.127. The van der Waals surface area contributed by atoms with Crippen molar-refractivity contribution in [2.75, 3.05) is 0 Å². The van der Waals surface area contributed by atoms with Gasteiger partial charge in [-0.3, -0.25) is 9.89 Å². The minimum absolute atomic E-state index is 0.0964. The van der Waals surface area contributed by atoms with Gasteiger partial charge in [-0.2, -0.15) is 13.2 Å². The Morgan fingerprint density at radius 3 is 2.55 bits per heavy atom. The Bertz CT molecular complexity index is 879. The second-order valence-corrected chi connectivity index (χ2v) is 4.99. The third-order valence-electron chi connectivity index (χ3n) is 3.42. The molecular weight excluding hydrogens is 295 g/mol. The summed E-state index contributed by atoms with van der Waals surface area (Å²) >= 11 is 0. The summed E-state index contributed by atoms with van der Waals surface area (Å²) in [5, 5.41) is 2.68. The van der Waals surface area contributed by atoms with Gasteiger partial charge in [0, 0.05) is 23.0 Å². The Morgan fingerprint density at radius 1 is 1.23 bits per heavy atom. The lowest BCUT2D eigenvalue weighted by Gasteiger charge is -2.09. The standard InChI is InChI=1S/C15H12F3N3O/c1-9-11(7-15(16,17)18)14(22)21-13(20-9)12(8-19-21)10-5-3-2-4-6-10/h2-6,8,19H,7H2,1H3. The van der Waals surface area contributed by atoms with Crippen LogP contribution in [0.15, 0.2) is 41.3 Å². The lowest BCUT2D eigenvalue weighted by atomic mass is 10.1. The van der Waals surface area contributed by atoms with Gasteiger partial charge in [0.25, 0.3) is 5.56 Å². The molecule has 0 aliphatic rings. The SMILES string of the molecule is Cc1nc2c(-c3ccccc3)c[nH]n2c(=O)c1CC(F)(F)F. The summed E-state index contributed by atoms with van der Waals surface area (Å²) in [4.78, 5) is 16.5. The van der Waals surface area contributed by atoms with Gasteiger partial charge in [-0.1, -0.05) is 30.3 Å². The van der Waals surface area contributed by atoms with Crippen molar-refractivity contribution in [1.29, 1.82) is 0 Å². The molecule has 3 rings (SSSR count). The van der Waals surface area contributed by atoms with Crippen molar-refractivity contribution in [1.82, 2.24) is 14.6 Å². The van der Waals surface area contributed by atoms with E-state index < -0.39 is 18.2 Å². The molecule has 1 N–H and O–H groups in total. The van der Waals surface area contributed by atoms with Gasteiger partial charge in [-0.05, 0) is 12.5 Å². The van der Waals surface area contributed by atoms with Crippen molar-refractivity contribution in [3.8, 4) is 11.1 Å². The maximum Gasteiger partial charge on any atom is 0.393 e. The van der Waals surface area contributed by atoms with E-state index in [4.69, 9.17) is 0 Å².